The zero-order valence-corrected chi connectivity index (χ0v) is 15.8. The fourth-order valence-corrected chi connectivity index (χ4v) is 3.81. The molecule has 4 rings (SSSR count). The van der Waals surface area contributed by atoms with E-state index in [9.17, 15) is 4.79 Å². The van der Waals surface area contributed by atoms with Crippen molar-refractivity contribution in [2.45, 2.75) is 13.5 Å². The van der Waals surface area contributed by atoms with Gasteiger partial charge in [-0.05, 0) is 43.3 Å². The van der Waals surface area contributed by atoms with Gasteiger partial charge in [0, 0.05) is 5.56 Å². The third-order valence-corrected chi connectivity index (χ3v) is 5.30. The first-order valence-electron chi connectivity index (χ1n) is 8.50. The Morgan fingerprint density at radius 3 is 2.67 bits per heavy atom. The number of fused-ring (bicyclic) bond motifs is 1. The summed E-state index contributed by atoms with van der Waals surface area (Å²) < 4.78 is 11.8. The third kappa shape index (κ3) is 3.44. The molecule has 0 unspecified atom stereocenters. The van der Waals surface area contributed by atoms with Gasteiger partial charge in [0.05, 0.1) is 24.6 Å². The van der Waals surface area contributed by atoms with E-state index in [2.05, 4.69) is 4.98 Å². The Morgan fingerprint density at radius 2 is 1.96 bits per heavy atom. The van der Waals surface area contributed by atoms with Crippen LogP contribution >= 0.6 is 11.3 Å². The Balaban J connectivity index is 1.78. The van der Waals surface area contributed by atoms with Gasteiger partial charge in [-0.25, -0.2) is 4.98 Å². The number of hydrogen-bond donors (Lipinski definition) is 0. The van der Waals surface area contributed by atoms with Gasteiger partial charge < -0.3 is 9.15 Å². The van der Waals surface area contributed by atoms with Gasteiger partial charge in [-0.3, -0.25) is 9.69 Å². The minimum atomic E-state index is -0.121. The summed E-state index contributed by atoms with van der Waals surface area (Å²) in [5.41, 5.74) is 2.47. The highest BCUT2D eigenvalue weighted by Crippen LogP contribution is 2.35. The van der Waals surface area contributed by atoms with Gasteiger partial charge in [0.2, 0.25) is 0 Å². The summed E-state index contributed by atoms with van der Waals surface area (Å²) in [6.07, 6.45) is 1.60. The predicted molar refractivity (Wildman–Crippen MR) is 107 cm³/mol. The topological polar surface area (TPSA) is 55.6 Å². The number of hydrogen-bond acceptors (Lipinski definition) is 5. The lowest BCUT2D eigenvalue weighted by Gasteiger charge is -2.19. The fraction of sp³-hybridized carbons (Fsp3) is 0.143. The van der Waals surface area contributed by atoms with Crippen LogP contribution in [0.5, 0.6) is 5.75 Å². The van der Waals surface area contributed by atoms with Crippen LogP contribution in [0.2, 0.25) is 0 Å². The van der Waals surface area contributed by atoms with Gasteiger partial charge in [0.25, 0.3) is 5.91 Å². The molecule has 5 nitrogen and oxygen atoms in total. The van der Waals surface area contributed by atoms with Crippen LogP contribution in [0, 0.1) is 6.92 Å². The van der Waals surface area contributed by atoms with Crippen molar-refractivity contribution in [1.29, 1.82) is 0 Å². The van der Waals surface area contributed by atoms with Crippen molar-refractivity contribution in [2.75, 3.05) is 12.0 Å². The molecule has 0 bridgehead atoms. The molecular weight excluding hydrogens is 360 g/mol. The molecule has 27 heavy (non-hydrogen) atoms. The van der Waals surface area contributed by atoms with Crippen LogP contribution in [0.25, 0.3) is 10.2 Å². The van der Waals surface area contributed by atoms with E-state index in [1.165, 1.54) is 11.3 Å². The van der Waals surface area contributed by atoms with E-state index in [1.807, 2.05) is 61.5 Å². The number of nitrogens with zero attached hydrogens (tertiary/aromatic N) is 2. The molecule has 2 aromatic carbocycles. The summed E-state index contributed by atoms with van der Waals surface area (Å²) in [6.45, 7) is 2.30. The number of carbonyl (C=O) groups is 1. The smallest absolute Gasteiger partial charge is 0.260 e. The predicted octanol–water partition coefficient (Wildman–Crippen LogP) is 5.05. The van der Waals surface area contributed by atoms with Gasteiger partial charge in [-0.1, -0.05) is 35.1 Å². The van der Waals surface area contributed by atoms with Crippen LogP contribution in [0.3, 0.4) is 0 Å². The number of anilines is 1. The van der Waals surface area contributed by atoms with Crippen LogP contribution in [-0.2, 0) is 6.54 Å². The SMILES string of the molecule is COc1cccc2sc(N(Cc3ccco3)C(=O)c3ccc(C)cc3)nc12. The van der Waals surface area contributed by atoms with Crippen LogP contribution in [0.15, 0.2) is 65.3 Å². The second-order valence-electron chi connectivity index (χ2n) is 6.14. The molecule has 2 aromatic heterocycles. The van der Waals surface area contributed by atoms with Crippen molar-refractivity contribution < 1.29 is 13.9 Å². The molecule has 0 spiro atoms. The van der Waals surface area contributed by atoms with Crippen molar-refractivity contribution in [3.63, 3.8) is 0 Å². The Hall–Kier alpha value is -3.12. The number of carbonyl (C=O) groups excluding carboxylic acids is 1. The highest BCUT2D eigenvalue weighted by atomic mass is 32.1. The second-order valence-corrected chi connectivity index (χ2v) is 7.15. The van der Waals surface area contributed by atoms with Crippen molar-refractivity contribution in [3.05, 3.63) is 77.7 Å². The Kier molecular flexibility index (Phi) is 4.64. The number of aryl methyl sites for hydroxylation is 1. The largest absolute Gasteiger partial charge is 0.494 e. The summed E-state index contributed by atoms with van der Waals surface area (Å²) in [5, 5.41) is 0.608. The quantitative estimate of drug-likeness (QED) is 0.487. The van der Waals surface area contributed by atoms with Crippen LogP contribution < -0.4 is 9.64 Å². The van der Waals surface area contributed by atoms with E-state index in [0.29, 0.717) is 28.7 Å². The van der Waals surface area contributed by atoms with Gasteiger partial charge in [0.15, 0.2) is 5.13 Å². The number of aromatic nitrogens is 1. The normalized spacial score (nSPS) is 10.9. The van der Waals surface area contributed by atoms with E-state index in [1.54, 1.807) is 18.3 Å². The van der Waals surface area contributed by atoms with Crippen molar-refractivity contribution >= 4 is 32.6 Å². The maximum absolute atomic E-state index is 13.2. The van der Waals surface area contributed by atoms with E-state index in [0.717, 1.165) is 15.8 Å². The Morgan fingerprint density at radius 1 is 1.15 bits per heavy atom. The van der Waals surface area contributed by atoms with Crippen molar-refractivity contribution in [1.82, 2.24) is 4.98 Å². The summed E-state index contributed by atoms with van der Waals surface area (Å²) >= 11 is 1.46. The second kappa shape index (κ2) is 7.25. The molecule has 2 heterocycles. The lowest BCUT2D eigenvalue weighted by molar-refractivity contribution is 0.0983. The maximum atomic E-state index is 13.2. The third-order valence-electron chi connectivity index (χ3n) is 4.26. The average Bonchev–Trinajstić information content (AvgIpc) is 3.35. The Bertz CT molecular complexity index is 1070. The number of amides is 1. The number of rotatable bonds is 5. The zero-order chi connectivity index (χ0) is 18.8. The van der Waals surface area contributed by atoms with Gasteiger partial charge in [-0.2, -0.15) is 0 Å². The van der Waals surface area contributed by atoms with Crippen LogP contribution in [0.4, 0.5) is 5.13 Å². The molecule has 136 valence electrons. The molecule has 0 saturated heterocycles. The number of ether oxygens (including phenoxy) is 1. The first-order valence-corrected chi connectivity index (χ1v) is 9.32. The first kappa shape index (κ1) is 17.3. The first-order chi connectivity index (χ1) is 13.2. The molecule has 0 aliphatic heterocycles. The summed E-state index contributed by atoms with van der Waals surface area (Å²) in [7, 11) is 1.62. The highest BCUT2D eigenvalue weighted by molar-refractivity contribution is 7.22. The molecule has 0 saturated carbocycles. The van der Waals surface area contributed by atoms with Crippen LogP contribution in [-0.4, -0.2) is 18.0 Å². The molecular formula is C21H18N2O3S. The summed E-state index contributed by atoms with van der Waals surface area (Å²) in [4.78, 5) is 19.6. The van der Waals surface area contributed by atoms with Gasteiger partial charge in [0.1, 0.15) is 17.0 Å². The minimum absolute atomic E-state index is 0.121. The monoisotopic (exact) mass is 378 g/mol. The van der Waals surface area contributed by atoms with Crippen LogP contribution in [0.1, 0.15) is 21.7 Å². The van der Waals surface area contributed by atoms with E-state index >= 15 is 0 Å². The molecule has 1 amide bonds. The minimum Gasteiger partial charge on any atom is -0.494 e. The standard InChI is InChI=1S/C21H18N2O3S/c1-14-8-10-15(11-9-14)20(24)23(13-16-5-4-12-26-16)21-22-19-17(25-2)6-3-7-18(19)27-21/h3-12H,13H2,1-2H3. The van der Waals surface area contributed by atoms with E-state index in [4.69, 9.17) is 9.15 Å². The number of para-hydroxylation sites is 1. The molecule has 0 atom stereocenters. The van der Waals surface area contributed by atoms with Crippen molar-refractivity contribution in [2.24, 2.45) is 0 Å². The molecule has 0 aliphatic rings. The van der Waals surface area contributed by atoms with Gasteiger partial charge in [-0.15, -0.1) is 0 Å². The number of benzene rings is 2. The number of furan rings is 1. The maximum Gasteiger partial charge on any atom is 0.260 e. The molecule has 0 radical (unpaired) electrons. The highest BCUT2D eigenvalue weighted by Gasteiger charge is 2.23. The lowest BCUT2D eigenvalue weighted by atomic mass is 10.1. The lowest BCUT2D eigenvalue weighted by Crippen LogP contribution is -2.30. The summed E-state index contributed by atoms with van der Waals surface area (Å²) in [5.74, 6) is 1.27. The molecule has 0 N–H and O–H groups in total. The van der Waals surface area contributed by atoms with E-state index < -0.39 is 0 Å². The van der Waals surface area contributed by atoms with E-state index in [-0.39, 0.29) is 5.91 Å². The Labute approximate surface area is 160 Å². The molecule has 4 aromatic rings. The zero-order valence-electron chi connectivity index (χ0n) is 15.0. The average molecular weight is 378 g/mol. The van der Waals surface area contributed by atoms with Crippen molar-refractivity contribution in [3.8, 4) is 5.75 Å². The molecule has 0 fully saturated rings. The fourth-order valence-electron chi connectivity index (χ4n) is 2.83. The number of methoxy groups -OCH3 is 1. The summed E-state index contributed by atoms with van der Waals surface area (Å²) in [6, 6.07) is 16.9. The molecule has 0 aliphatic carbocycles. The molecule has 6 heteroatoms. The van der Waals surface area contributed by atoms with Gasteiger partial charge >= 0.3 is 0 Å². The number of thiazole rings is 1.